The number of hydrogen-bond donors (Lipinski definition) is 1. The largest absolute Gasteiger partial charge is 0.494 e. The van der Waals surface area contributed by atoms with Gasteiger partial charge >= 0.3 is 0 Å². The number of rotatable bonds is 4. The van der Waals surface area contributed by atoms with Crippen LogP contribution in [0.5, 0.6) is 5.75 Å². The maximum absolute atomic E-state index is 13.7. The van der Waals surface area contributed by atoms with Crippen LogP contribution in [0.4, 0.5) is 8.78 Å². The first-order chi connectivity index (χ1) is 8.61. The number of ether oxygens (including phenoxy) is 1. The molecule has 1 N–H and O–H groups in total. The molecule has 0 saturated carbocycles. The molecule has 1 aliphatic heterocycles. The molecule has 1 heterocycles. The maximum atomic E-state index is 13.7. The fourth-order valence-corrected chi connectivity index (χ4v) is 2.16. The Bertz CT molecular complexity index is 457. The van der Waals surface area contributed by atoms with Crippen molar-refractivity contribution in [2.45, 2.75) is 12.8 Å². The van der Waals surface area contributed by atoms with E-state index in [1.165, 1.54) is 7.11 Å². The molecule has 0 aromatic heterocycles. The molecule has 0 aliphatic carbocycles. The van der Waals surface area contributed by atoms with Gasteiger partial charge in [0.1, 0.15) is 5.82 Å². The number of carbonyl (C=O) groups excluding carboxylic acids is 1. The van der Waals surface area contributed by atoms with Gasteiger partial charge in [-0.2, -0.15) is 0 Å². The van der Waals surface area contributed by atoms with Crippen LogP contribution in [-0.2, 0) is 0 Å². The van der Waals surface area contributed by atoms with Crippen LogP contribution in [0, 0.1) is 17.6 Å². The zero-order valence-electron chi connectivity index (χ0n) is 10.1. The van der Waals surface area contributed by atoms with Crippen molar-refractivity contribution in [3.05, 3.63) is 29.3 Å². The molecule has 3 nitrogen and oxygen atoms in total. The number of Topliss-reactive ketones (excluding diaryl/α,β-unsaturated/α-hetero) is 1. The molecule has 5 heteroatoms. The zero-order chi connectivity index (χ0) is 13.1. The van der Waals surface area contributed by atoms with Crippen molar-refractivity contribution in [3.8, 4) is 5.75 Å². The highest BCUT2D eigenvalue weighted by Gasteiger charge is 2.22. The summed E-state index contributed by atoms with van der Waals surface area (Å²) in [5.41, 5.74) is -0.194. The van der Waals surface area contributed by atoms with Gasteiger partial charge < -0.3 is 10.1 Å². The van der Waals surface area contributed by atoms with Crippen molar-refractivity contribution in [2.75, 3.05) is 20.2 Å². The first-order valence-corrected chi connectivity index (χ1v) is 5.88. The highest BCUT2D eigenvalue weighted by molar-refractivity contribution is 5.96. The molecule has 1 unspecified atom stereocenters. The summed E-state index contributed by atoms with van der Waals surface area (Å²) in [7, 11) is 1.25. The number of carbonyl (C=O) groups is 1. The Labute approximate surface area is 104 Å². The predicted octanol–water partition coefficient (Wildman–Crippen LogP) is 2.16. The van der Waals surface area contributed by atoms with Crippen LogP contribution in [0.1, 0.15) is 23.2 Å². The molecule has 1 atom stereocenters. The minimum Gasteiger partial charge on any atom is -0.494 e. The Kier molecular flexibility index (Phi) is 3.91. The summed E-state index contributed by atoms with van der Waals surface area (Å²) in [6.07, 6.45) is 1.14. The number of benzene rings is 1. The molecule has 0 bridgehead atoms. The molecule has 0 spiro atoms. The molecule has 1 saturated heterocycles. The summed E-state index contributed by atoms with van der Waals surface area (Å²) in [4.78, 5) is 11.9. The number of methoxy groups -OCH3 is 1. The van der Waals surface area contributed by atoms with Gasteiger partial charge in [-0.15, -0.1) is 0 Å². The Hall–Kier alpha value is -1.49. The van der Waals surface area contributed by atoms with Crippen molar-refractivity contribution >= 4 is 5.78 Å². The quantitative estimate of drug-likeness (QED) is 0.838. The van der Waals surface area contributed by atoms with Crippen LogP contribution in [0.25, 0.3) is 0 Å². The van der Waals surface area contributed by atoms with Gasteiger partial charge in [0, 0.05) is 12.5 Å². The summed E-state index contributed by atoms with van der Waals surface area (Å²) in [5.74, 6) is -1.78. The molecule has 98 valence electrons. The minimum atomic E-state index is -0.732. The van der Waals surface area contributed by atoms with Gasteiger partial charge in [0.25, 0.3) is 0 Å². The van der Waals surface area contributed by atoms with Crippen molar-refractivity contribution in [1.82, 2.24) is 5.32 Å². The average molecular weight is 255 g/mol. The molecule has 0 amide bonds. The summed E-state index contributed by atoms with van der Waals surface area (Å²) in [5, 5.41) is 3.13. The smallest absolute Gasteiger partial charge is 0.166 e. The molecule has 1 aromatic rings. The van der Waals surface area contributed by atoms with Crippen molar-refractivity contribution in [1.29, 1.82) is 0 Å². The second kappa shape index (κ2) is 5.44. The van der Waals surface area contributed by atoms with Crippen molar-refractivity contribution < 1.29 is 18.3 Å². The average Bonchev–Trinajstić information content (AvgIpc) is 2.84. The van der Waals surface area contributed by atoms with Gasteiger partial charge in [0.05, 0.1) is 12.7 Å². The second-order valence-electron chi connectivity index (χ2n) is 4.45. The highest BCUT2D eigenvalue weighted by atomic mass is 19.1. The van der Waals surface area contributed by atoms with Gasteiger partial charge in [0.2, 0.25) is 0 Å². The van der Waals surface area contributed by atoms with Crippen LogP contribution < -0.4 is 10.1 Å². The molecule has 2 rings (SSSR count). The molecule has 1 aromatic carbocycles. The third-order valence-corrected chi connectivity index (χ3v) is 3.18. The molecule has 18 heavy (non-hydrogen) atoms. The van der Waals surface area contributed by atoms with Gasteiger partial charge in [-0.25, -0.2) is 8.78 Å². The molecule has 0 radical (unpaired) electrons. The lowest BCUT2D eigenvalue weighted by molar-refractivity contribution is 0.0960. The van der Waals surface area contributed by atoms with Crippen LogP contribution in [-0.4, -0.2) is 26.0 Å². The summed E-state index contributed by atoms with van der Waals surface area (Å²) < 4.78 is 31.8. The normalized spacial score (nSPS) is 18.9. The maximum Gasteiger partial charge on any atom is 0.166 e. The van der Waals surface area contributed by atoms with Gasteiger partial charge in [-0.1, -0.05) is 0 Å². The molecular formula is C13H15F2NO2. The SMILES string of the molecule is COc1cc(F)c(C(=O)CC2CCNC2)cc1F. The van der Waals surface area contributed by atoms with Crippen LogP contribution in [0.3, 0.4) is 0 Å². The van der Waals surface area contributed by atoms with E-state index in [-0.39, 0.29) is 29.4 Å². The first-order valence-electron chi connectivity index (χ1n) is 5.88. The molecular weight excluding hydrogens is 240 g/mol. The standard InChI is InChI=1S/C13H15F2NO2/c1-18-13-6-10(14)9(5-11(13)15)12(17)4-8-2-3-16-7-8/h5-6,8,16H,2-4,7H2,1H3. The van der Waals surface area contributed by atoms with E-state index in [0.29, 0.717) is 0 Å². The van der Waals surface area contributed by atoms with Crippen molar-refractivity contribution in [3.63, 3.8) is 0 Å². The van der Waals surface area contributed by atoms with E-state index < -0.39 is 11.6 Å². The Balaban J connectivity index is 2.16. The van der Waals surface area contributed by atoms with Crippen LogP contribution in [0.15, 0.2) is 12.1 Å². The van der Waals surface area contributed by atoms with E-state index in [4.69, 9.17) is 0 Å². The zero-order valence-corrected chi connectivity index (χ0v) is 10.1. The topological polar surface area (TPSA) is 38.3 Å². The van der Waals surface area contributed by atoms with E-state index >= 15 is 0 Å². The van der Waals surface area contributed by atoms with Gasteiger partial charge in [0.15, 0.2) is 17.3 Å². The second-order valence-corrected chi connectivity index (χ2v) is 4.45. The van der Waals surface area contributed by atoms with Crippen molar-refractivity contribution in [2.24, 2.45) is 5.92 Å². The lowest BCUT2D eigenvalue weighted by Gasteiger charge is -2.09. The van der Waals surface area contributed by atoms with Gasteiger partial charge in [-0.05, 0) is 31.5 Å². The minimum absolute atomic E-state index is 0.188. The number of ketones is 1. The fraction of sp³-hybridized carbons (Fsp3) is 0.462. The van der Waals surface area contributed by atoms with E-state index in [1.54, 1.807) is 0 Å². The predicted molar refractivity (Wildman–Crippen MR) is 62.8 cm³/mol. The Morgan fingerprint density at radius 3 is 2.83 bits per heavy atom. The Morgan fingerprint density at radius 1 is 1.44 bits per heavy atom. The summed E-state index contributed by atoms with van der Waals surface area (Å²) in [6, 6.07) is 1.83. The van der Waals surface area contributed by atoms with E-state index in [1.807, 2.05) is 0 Å². The molecule has 1 fully saturated rings. The lowest BCUT2D eigenvalue weighted by atomic mass is 9.97. The fourth-order valence-electron chi connectivity index (χ4n) is 2.16. The number of halogens is 2. The van der Waals surface area contributed by atoms with Gasteiger partial charge in [-0.3, -0.25) is 4.79 Å². The van der Waals surface area contributed by atoms with E-state index in [0.717, 1.165) is 31.6 Å². The third kappa shape index (κ3) is 2.67. The monoisotopic (exact) mass is 255 g/mol. The summed E-state index contributed by atoms with van der Waals surface area (Å²) >= 11 is 0. The Morgan fingerprint density at radius 2 is 2.22 bits per heavy atom. The van der Waals surface area contributed by atoms with E-state index in [2.05, 4.69) is 10.1 Å². The molecule has 1 aliphatic rings. The lowest BCUT2D eigenvalue weighted by Crippen LogP contribution is -2.14. The summed E-state index contributed by atoms with van der Waals surface area (Å²) in [6.45, 7) is 1.63. The number of hydrogen-bond acceptors (Lipinski definition) is 3. The number of nitrogens with one attached hydrogen (secondary N) is 1. The van der Waals surface area contributed by atoms with E-state index in [9.17, 15) is 13.6 Å². The first kappa shape index (κ1) is 13.0. The highest BCUT2D eigenvalue weighted by Crippen LogP contribution is 2.24. The van der Waals surface area contributed by atoms with Crippen LogP contribution >= 0.6 is 0 Å². The van der Waals surface area contributed by atoms with Crippen LogP contribution in [0.2, 0.25) is 0 Å². The third-order valence-electron chi connectivity index (χ3n) is 3.18.